The van der Waals surface area contributed by atoms with Gasteiger partial charge < -0.3 is 15.4 Å². The molecule has 2 N–H and O–H groups in total. The van der Waals surface area contributed by atoms with E-state index in [1.807, 2.05) is 0 Å². The lowest BCUT2D eigenvalue weighted by atomic mass is 10.2. The molecular weight excluding hydrogens is 359 g/mol. The number of nitrogens with one attached hydrogen (secondary N) is 2. The first-order valence-electron chi connectivity index (χ1n) is 6.81. The van der Waals surface area contributed by atoms with Gasteiger partial charge in [-0.3, -0.25) is 4.79 Å². The smallest absolute Gasteiger partial charge is 0.226 e. The van der Waals surface area contributed by atoms with Crippen LogP contribution < -0.4 is 15.4 Å². The van der Waals surface area contributed by atoms with Gasteiger partial charge in [-0.15, -0.1) is 0 Å². The molecule has 0 aliphatic carbocycles. The molecule has 0 fully saturated rings. The maximum absolute atomic E-state index is 12.0. The summed E-state index contributed by atoms with van der Waals surface area (Å²) in [6.07, 6.45) is 0.264. The predicted octanol–water partition coefficient (Wildman–Crippen LogP) is 5.10. The van der Waals surface area contributed by atoms with Crippen LogP contribution in [0.2, 0.25) is 15.1 Å². The van der Waals surface area contributed by atoms with Crippen molar-refractivity contribution in [2.75, 3.05) is 24.3 Å². The number of carbonyl (C=O) groups is 1. The number of amides is 1. The Morgan fingerprint density at radius 3 is 2.39 bits per heavy atom. The van der Waals surface area contributed by atoms with E-state index in [0.29, 0.717) is 33.0 Å². The summed E-state index contributed by atoms with van der Waals surface area (Å²) in [5.41, 5.74) is 1.30. The first kappa shape index (κ1) is 17.7. The number of benzene rings is 2. The summed E-state index contributed by atoms with van der Waals surface area (Å²) in [7, 11) is 1.53. The molecule has 2 aromatic rings. The second-order valence-electron chi connectivity index (χ2n) is 4.73. The molecule has 0 radical (unpaired) electrons. The van der Waals surface area contributed by atoms with Crippen LogP contribution in [0.3, 0.4) is 0 Å². The quantitative estimate of drug-likeness (QED) is 0.741. The molecule has 122 valence electrons. The normalized spacial score (nSPS) is 10.3. The maximum atomic E-state index is 12.0. The Kier molecular flexibility index (Phi) is 6.39. The topological polar surface area (TPSA) is 50.4 Å². The van der Waals surface area contributed by atoms with E-state index < -0.39 is 0 Å². The number of methoxy groups -OCH3 is 1. The zero-order chi connectivity index (χ0) is 16.8. The van der Waals surface area contributed by atoms with Crippen LogP contribution in [0, 0.1) is 0 Å². The highest BCUT2D eigenvalue weighted by Crippen LogP contribution is 2.27. The number of halogens is 3. The summed E-state index contributed by atoms with van der Waals surface area (Å²) >= 11 is 17.8. The van der Waals surface area contributed by atoms with Gasteiger partial charge >= 0.3 is 0 Å². The molecule has 0 heterocycles. The van der Waals surface area contributed by atoms with Crippen LogP contribution in [0.5, 0.6) is 5.75 Å². The first-order valence-corrected chi connectivity index (χ1v) is 7.94. The van der Waals surface area contributed by atoms with Crippen molar-refractivity contribution in [2.45, 2.75) is 6.42 Å². The van der Waals surface area contributed by atoms with E-state index >= 15 is 0 Å². The van der Waals surface area contributed by atoms with E-state index in [1.165, 1.54) is 7.11 Å². The molecule has 0 aliphatic heterocycles. The predicted molar refractivity (Wildman–Crippen MR) is 96.2 cm³/mol. The van der Waals surface area contributed by atoms with E-state index in [4.69, 9.17) is 39.5 Å². The fraction of sp³-hybridized carbons (Fsp3) is 0.188. The molecule has 1 amide bonds. The van der Waals surface area contributed by atoms with Crippen molar-refractivity contribution in [2.24, 2.45) is 0 Å². The maximum Gasteiger partial charge on any atom is 0.226 e. The van der Waals surface area contributed by atoms with Crippen LogP contribution in [0.1, 0.15) is 6.42 Å². The average Bonchev–Trinajstić information content (AvgIpc) is 2.46. The lowest BCUT2D eigenvalue weighted by molar-refractivity contribution is -0.115. The van der Waals surface area contributed by atoms with Crippen LogP contribution in [-0.4, -0.2) is 19.6 Å². The monoisotopic (exact) mass is 372 g/mol. The van der Waals surface area contributed by atoms with Gasteiger partial charge in [-0.05, 0) is 36.4 Å². The number of hydrogen-bond acceptors (Lipinski definition) is 3. The Morgan fingerprint density at radius 1 is 1.04 bits per heavy atom. The molecule has 0 atom stereocenters. The van der Waals surface area contributed by atoms with Crippen molar-refractivity contribution < 1.29 is 9.53 Å². The molecule has 0 aliphatic rings. The first-order chi connectivity index (χ1) is 11.0. The van der Waals surface area contributed by atoms with E-state index in [0.717, 1.165) is 5.69 Å². The Morgan fingerprint density at radius 2 is 1.74 bits per heavy atom. The Hall–Kier alpha value is -1.62. The number of anilines is 2. The molecule has 0 spiro atoms. The Balaban J connectivity index is 1.89. The van der Waals surface area contributed by atoms with E-state index in [-0.39, 0.29) is 12.3 Å². The fourth-order valence-corrected chi connectivity index (χ4v) is 2.67. The number of rotatable bonds is 6. The van der Waals surface area contributed by atoms with Crippen molar-refractivity contribution in [3.05, 3.63) is 51.5 Å². The molecule has 23 heavy (non-hydrogen) atoms. The van der Waals surface area contributed by atoms with E-state index in [2.05, 4.69) is 10.6 Å². The van der Waals surface area contributed by atoms with Crippen LogP contribution >= 0.6 is 34.8 Å². The molecule has 0 aromatic heterocycles. The van der Waals surface area contributed by atoms with Gasteiger partial charge in [-0.1, -0.05) is 34.8 Å². The lowest BCUT2D eigenvalue weighted by Gasteiger charge is -2.11. The van der Waals surface area contributed by atoms with Crippen LogP contribution in [0.15, 0.2) is 36.4 Å². The molecule has 0 saturated heterocycles. The number of ether oxygens (including phenoxy) is 1. The van der Waals surface area contributed by atoms with Gasteiger partial charge in [0.15, 0.2) is 0 Å². The third-order valence-electron chi connectivity index (χ3n) is 2.98. The van der Waals surface area contributed by atoms with Crippen molar-refractivity contribution in [1.82, 2.24) is 0 Å². The fourth-order valence-electron chi connectivity index (χ4n) is 1.97. The molecule has 0 saturated carbocycles. The average molecular weight is 374 g/mol. The van der Waals surface area contributed by atoms with Gasteiger partial charge in [0.1, 0.15) is 5.75 Å². The third kappa shape index (κ3) is 5.50. The van der Waals surface area contributed by atoms with Gasteiger partial charge in [0.2, 0.25) is 5.91 Å². The van der Waals surface area contributed by atoms with Gasteiger partial charge in [0, 0.05) is 33.7 Å². The van der Waals surface area contributed by atoms with Crippen LogP contribution in [0.4, 0.5) is 11.4 Å². The number of hydrogen-bond donors (Lipinski definition) is 2. The highest BCUT2D eigenvalue weighted by Gasteiger charge is 2.08. The minimum atomic E-state index is -0.161. The minimum Gasteiger partial charge on any atom is -0.495 e. The Bertz CT molecular complexity index is 687. The molecule has 4 nitrogen and oxygen atoms in total. The van der Waals surface area contributed by atoms with Crippen molar-refractivity contribution in [3.8, 4) is 5.75 Å². The second kappa shape index (κ2) is 8.29. The lowest BCUT2D eigenvalue weighted by Crippen LogP contribution is -2.16. The van der Waals surface area contributed by atoms with Crippen LogP contribution in [0.25, 0.3) is 0 Å². The molecule has 2 aromatic carbocycles. The molecule has 7 heteroatoms. The van der Waals surface area contributed by atoms with Gasteiger partial charge in [-0.2, -0.15) is 0 Å². The molecule has 2 rings (SSSR count). The SMILES string of the molecule is COc1ccc(Cl)cc1NC(=O)CCNc1cc(Cl)cc(Cl)c1. The summed E-state index contributed by atoms with van der Waals surface area (Å²) in [5.74, 6) is 0.392. The highest BCUT2D eigenvalue weighted by atomic mass is 35.5. The van der Waals surface area contributed by atoms with E-state index in [1.54, 1.807) is 36.4 Å². The van der Waals surface area contributed by atoms with Gasteiger partial charge in [0.05, 0.1) is 12.8 Å². The minimum absolute atomic E-state index is 0.161. The molecular formula is C16H15Cl3N2O2. The summed E-state index contributed by atoms with van der Waals surface area (Å²) in [6, 6.07) is 10.2. The zero-order valence-electron chi connectivity index (χ0n) is 12.3. The molecule has 0 unspecified atom stereocenters. The largest absolute Gasteiger partial charge is 0.495 e. The number of carbonyl (C=O) groups excluding carboxylic acids is 1. The third-order valence-corrected chi connectivity index (χ3v) is 3.65. The summed E-state index contributed by atoms with van der Waals surface area (Å²) in [4.78, 5) is 12.0. The zero-order valence-corrected chi connectivity index (χ0v) is 14.6. The summed E-state index contributed by atoms with van der Waals surface area (Å²) in [6.45, 7) is 0.436. The standard InChI is InChI=1S/C16H15Cl3N2O2/c1-23-15-3-2-10(17)9-14(15)21-16(22)4-5-20-13-7-11(18)6-12(19)8-13/h2-3,6-9,20H,4-5H2,1H3,(H,21,22). The van der Waals surface area contributed by atoms with E-state index in [9.17, 15) is 4.79 Å². The van der Waals surface area contributed by atoms with Gasteiger partial charge in [0.25, 0.3) is 0 Å². The van der Waals surface area contributed by atoms with Crippen LogP contribution in [-0.2, 0) is 4.79 Å². The Labute approximate surface area is 149 Å². The summed E-state index contributed by atoms with van der Waals surface area (Å²) < 4.78 is 5.18. The summed E-state index contributed by atoms with van der Waals surface area (Å²) in [5, 5.41) is 7.46. The van der Waals surface area contributed by atoms with Gasteiger partial charge in [-0.25, -0.2) is 0 Å². The highest BCUT2D eigenvalue weighted by molar-refractivity contribution is 6.35. The second-order valence-corrected chi connectivity index (χ2v) is 6.04. The van der Waals surface area contributed by atoms with Crippen molar-refractivity contribution in [3.63, 3.8) is 0 Å². The molecule has 0 bridgehead atoms. The van der Waals surface area contributed by atoms with Crippen molar-refractivity contribution >= 4 is 52.1 Å². The van der Waals surface area contributed by atoms with Crippen molar-refractivity contribution in [1.29, 1.82) is 0 Å².